The molecule has 0 bridgehead atoms. The van der Waals surface area contributed by atoms with E-state index in [0.717, 1.165) is 25.7 Å². The van der Waals surface area contributed by atoms with Gasteiger partial charge in [0.25, 0.3) is 0 Å². The lowest BCUT2D eigenvalue weighted by Crippen LogP contribution is -2.08. The van der Waals surface area contributed by atoms with Crippen LogP contribution in [0.25, 0.3) is 0 Å². The fourth-order valence-corrected chi connectivity index (χ4v) is 2.38. The molecule has 1 aromatic rings. The lowest BCUT2D eigenvalue weighted by molar-refractivity contribution is 0.417. The Kier molecular flexibility index (Phi) is 3.19. The number of nitriles is 1. The predicted octanol–water partition coefficient (Wildman–Crippen LogP) is 3.88. The molecule has 0 heterocycles. The first-order valence-corrected chi connectivity index (χ1v) is 5.62. The molecule has 1 aromatic carbocycles. The van der Waals surface area contributed by atoms with Gasteiger partial charge in [0.2, 0.25) is 0 Å². The van der Waals surface area contributed by atoms with Gasteiger partial charge in [0.05, 0.1) is 5.56 Å². The van der Waals surface area contributed by atoms with Gasteiger partial charge >= 0.3 is 0 Å². The maximum Gasteiger partial charge on any atom is 0.176 e. The molecule has 0 spiro atoms. The van der Waals surface area contributed by atoms with Gasteiger partial charge in [-0.05, 0) is 30.4 Å². The molecule has 1 nitrogen and oxygen atoms in total. The summed E-state index contributed by atoms with van der Waals surface area (Å²) >= 11 is 0. The summed E-state index contributed by atoms with van der Waals surface area (Å²) in [6.07, 6.45) is 5.17. The quantitative estimate of drug-likeness (QED) is 0.705. The Balaban J connectivity index is 2.35. The van der Waals surface area contributed by atoms with Crippen LogP contribution in [0.1, 0.15) is 49.1 Å². The van der Waals surface area contributed by atoms with Crippen LogP contribution in [-0.4, -0.2) is 0 Å². The predicted molar refractivity (Wildman–Crippen MR) is 56.9 cm³/mol. The molecular formula is C13H13F2N. The minimum atomic E-state index is -0.995. The Bertz CT molecular complexity index is 428. The number of benzene rings is 1. The van der Waals surface area contributed by atoms with E-state index >= 15 is 0 Å². The van der Waals surface area contributed by atoms with Gasteiger partial charge in [0, 0.05) is 0 Å². The molecule has 0 aromatic heterocycles. The van der Waals surface area contributed by atoms with E-state index < -0.39 is 11.6 Å². The number of hydrogen-bond acceptors (Lipinski definition) is 1. The van der Waals surface area contributed by atoms with Crippen molar-refractivity contribution in [3.8, 4) is 6.07 Å². The normalized spacial score (nSPS) is 17.1. The Morgan fingerprint density at radius 2 is 1.75 bits per heavy atom. The molecule has 0 aliphatic heterocycles. The molecule has 1 aliphatic carbocycles. The highest BCUT2D eigenvalue weighted by molar-refractivity contribution is 5.36. The molecule has 0 amide bonds. The Morgan fingerprint density at radius 1 is 1.06 bits per heavy atom. The van der Waals surface area contributed by atoms with Crippen molar-refractivity contribution < 1.29 is 8.78 Å². The highest BCUT2D eigenvalue weighted by Gasteiger charge is 2.22. The van der Waals surface area contributed by atoms with E-state index in [1.54, 1.807) is 12.1 Å². The van der Waals surface area contributed by atoms with E-state index in [2.05, 4.69) is 0 Å². The van der Waals surface area contributed by atoms with Crippen molar-refractivity contribution in [1.29, 1.82) is 5.26 Å². The van der Waals surface area contributed by atoms with Crippen LogP contribution in [0.15, 0.2) is 12.1 Å². The fraction of sp³-hybridized carbons (Fsp3) is 0.462. The third-order valence-electron chi connectivity index (χ3n) is 3.28. The summed E-state index contributed by atoms with van der Waals surface area (Å²) < 4.78 is 27.1. The summed E-state index contributed by atoms with van der Waals surface area (Å²) in [5, 5.41) is 8.59. The highest BCUT2D eigenvalue weighted by Crippen LogP contribution is 2.34. The van der Waals surface area contributed by atoms with E-state index in [1.807, 2.05) is 0 Å². The molecule has 1 fully saturated rings. The van der Waals surface area contributed by atoms with Crippen molar-refractivity contribution >= 4 is 0 Å². The van der Waals surface area contributed by atoms with Gasteiger partial charge in [-0.25, -0.2) is 8.78 Å². The molecule has 0 saturated heterocycles. The second-order valence-electron chi connectivity index (χ2n) is 4.28. The van der Waals surface area contributed by atoms with Crippen molar-refractivity contribution in [2.24, 2.45) is 0 Å². The average molecular weight is 221 g/mol. The molecule has 0 unspecified atom stereocenters. The minimum absolute atomic E-state index is 0.121. The fourth-order valence-electron chi connectivity index (χ4n) is 2.38. The second kappa shape index (κ2) is 4.61. The summed E-state index contributed by atoms with van der Waals surface area (Å²) in [7, 11) is 0. The Labute approximate surface area is 93.7 Å². The third kappa shape index (κ3) is 1.92. The van der Waals surface area contributed by atoms with E-state index in [9.17, 15) is 8.78 Å². The smallest absolute Gasteiger partial charge is 0.176 e. The highest BCUT2D eigenvalue weighted by atomic mass is 19.2. The van der Waals surface area contributed by atoms with Gasteiger partial charge in [-0.2, -0.15) is 5.26 Å². The molecule has 0 radical (unpaired) electrons. The van der Waals surface area contributed by atoms with Gasteiger partial charge < -0.3 is 0 Å². The van der Waals surface area contributed by atoms with Crippen molar-refractivity contribution in [3.05, 3.63) is 34.9 Å². The number of rotatable bonds is 1. The van der Waals surface area contributed by atoms with E-state index in [0.29, 0.717) is 5.56 Å². The van der Waals surface area contributed by atoms with Crippen LogP contribution < -0.4 is 0 Å². The number of hydrogen-bond donors (Lipinski definition) is 0. The summed E-state index contributed by atoms with van der Waals surface area (Å²) in [4.78, 5) is 0. The summed E-state index contributed by atoms with van der Waals surface area (Å²) in [6.45, 7) is 0. The maximum atomic E-state index is 13.7. The first-order chi connectivity index (χ1) is 7.74. The van der Waals surface area contributed by atoms with Crippen molar-refractivity contribution in [2.45, 2.75) is 38.0 Å². The number of halogens is 2. The topological polar surface area (TPSA) is 23.8 Å². The van der Waals surface area contributed by atoms with Crippen molar-refractivity contribution in [1.82, 2.24) is 0 Å². The Hall–Kier alpha value is -1.43. The molecular weight excluding hydrogens is 208 g/mol. The summed E-state index contributed by atoms with van der Waals surface area (Å²) in [5.74, 6) is -1.70. The maximum absolute atomic E-state index is 13.7. The zero-order chi connectivity index (χ0) is 11.5. The van der Waals surface area contributed by atoms with Gasteiger partial charge in [-0.15, -0.1) is 0 Å². The largest absolute Gasteiger partial charge is 0.203 e. The monoisotopic (exact) mass is 221 g/mol. The first-order valence-electron chi connectivity index (χ1n) is 5.62. The standard InChI is InChI=1S/C13H13F2N/c14-12-10(8-16)6-7-11(13(12)15)9-4-2-1-3-5-9/h6-7,9H,1-5H2. The second-order valence-corrected chi connectivity index (χ2v) is 4.28. The molecule has 84 valence electrons. The SMILES string of the molecule is N#Cc1ccc(C2CCCCC2)c(F)c1F. The molecule has 2 rings (SSSR count). The number of nitrogens with zero attached hydrogens (tertiary/aromatic N) is 1. The van der Waals surface area contributed by atoms with Crippen LogP contribution in [0.2, 0.25) is 0 Å². The first kappa shape index (κ1) is 11.1. The van der Waals surface area contributed by atoms with Crippen LogP contribution in [0.3, 0.4) is 0 Å². The van der Waals surface area contributed by atoms with E-state index in [4.69, 9.17) is 5.26 Å². The van der Waals surface area contributed by atoms with Crippen LogP contribution in [0.5, 0.6) is 0 Å². The van der Waals surface area contributed by atoms with E-state index in [1.165, 1.54) is 12.5 Å². The third-order valence-corrected chi connectivity index (χ3v) is 3.28. The van der Waals surface area contributed by atoms with Gasteiger partial charge in [0.15, 0.2) is 11.6 Å². The molecule has 16 heavy (non-hydrogen) atoms. The van der Waals surface area contributed by atoms with Crippen molar-refractivity contribution in [2.75, 3.05) is 0 Å². The lowest BCUT2D eigenvalue weighted by atomic mass is 9.83. The van der Waals surface area contributed by atoms with Crippen molar-refractivity contribution in [3.63, 3.8) is 0 Å². The minimum Gasteiger partial charge on any atom is -0.203 e. The molecule has 0 N–H and O–H groups in total. The van der Waals surface area contributed by atoms with Crippen LogP contribution >= 0.6 is 0 Å². The summed E-state index contributed by atoms with van der Waals surface area (Å²) in [5.41, 5.74) is 0.230. The molecule has 0 atom stereocenters. The average Bonchev–Trinajstić information content (AvgIpc) is 2.34. The molecule has 1 aliphatic rings. The Morgan fingerprint density at radius 3 is 2.38 bits per heavy atom. The zero-order valence-corrected chi connectivity index (χ0v) is 8.97. The van der Waals surface area contributed by atoms with Gasteiger partial charge in [0.1, 0.15) is 6.07 Å². The lowest BCUT2D eigenvalue weighted by Gasteiger charge is -2.22. The van der Waals surface area contributed by atoms with Gasteiger partial charge in [-0.3, -0.25) is 0 Å². The van der Waals surface area contributed by atoms with Crippen LogP contribution in [-0.2, 0) is 0 Å². The van der Waals surface area contributed by atoms with Crippen LogP contribution in [0, 0.1) is 23.0 Å². The van der Waals surface area contributed by atoms with E-state index in [-0.39, 0.29) is 11.5 Å². The zero-order valence-electron chi connectivity index (χ0n) is 8.97. The summed E-state index contributed by atoms with van der Waals surface area (Å²) in [6, 6.07) is 4.59. The van der Waals surface area contributed by atoms with Gasteiger partial charge in [-0.1, -0.05) is 25.3 Å². The molecule has 1 saturated carbocycles. The molecule has 3 heteroatoms. The van der Waals surface area contributed by atoms with Crippen LogP contribution in [0.4, 0.5) is 8.78 Å².